The third-order valence-electron chi connectivity index (χ3n) is 4.72. The average molecular weight is 356 g/mol. The second-order valence-electron chi connectivity index (χ2n) is 7.37. The number of likely N-dealkylation sites (tertiary alicyclic amines) is 1. The van der Waals surface area contributed by atoms with Crippen molar-refractivity contribution in [3.05, 3.63) is 41.7 Å². The number of carbonyl (C=O) groups excluding carboxylic acids is 1. The molecule has 0 unspecified atom stereocenters. The third-order valence-corrected chi connectivity index (χ3v) is 4.72. The summed E-state index contributed by atoms with van der Waals surface area (Å²) in [4.78, 5) is 14.4. The molecule has 0 aliphatic carbocycles. The maximum absolute atomic E-state index is 12.2. The summed E-state index contributed by atoms with van der Waals surface area (Å²) < 4.78 is 4.97. The van der Waals surface area contributed by atoms with E-state index in [-0.39, 0.29) is 5.91 Å². The maximum atomic E-state index is 12.2. The number of rotatable bonds is 6. The number of nitrogens with one attached hydrogen (secondary N) is 2. The largest absolute Gasteiger partial charge is 0.381 e. The fourth-order valence-corrected chi connectivity index (χ4v) is 3.33. The van der Waals surface area contributed by atoms with Crippen molar-refractivity contribution in [1.82, 2.24) is 10.1 Å². The second-order valence-corrected chi connectivity index (χ2v) is 7.37. The smallest absolute Gasteiger partial charge is 0.239 e. The molecule has 3 rings (SSSR count). The Balaban J connectivity index is 1.49. The minimum absolute atomic E-state index is 0.0553. The molecule has 1 aromatic carbocycles. The molecule has 0 spiro atoms. The van der Waals surface area contributed by atoms with Crippen LogP contribution < -0.4 is 10.6 Å². The molecule has 1 saturated heterocycles. The van der Waals surface area contributed by atoms with Gasteiger partial charge in [0.25, 0.3) is 0 Å². The van der Waals surface area contributed by atoms with Gasteiger partial charge in [-0.2, -0.15) is 0 Å². The number of anilines is 2. The summed E-state index contributed by atoms with van der Waals surface area (Å²) in [5.41, 5.74) is 2.49. The summed E-state index contributed by atoms with van der Waals surface area (Å²) in [7, 11) is 0. The first-order valence-corrected chi connectivity index (χ1v) is 9.31. The van der Waals surface area contributed by atoms with Gasteiger partial charge in [-0.3, -0.25) is 9.69 Å². The van der Waals surface area contributed by atoms with Crippen LogP contribution in [0.1, 0.15) is 43.9 Å². The minimum Gasteiger partial charge on any atom is -0.381 e. The van der Waals surface area contributed by atoms with Gasteiger partial charge in [0.15, 0.2) is 5.82 Å². The van der Waals surface area contributed by atoms with E-state index in [2.05, 4.69) is 58.8 Å². The highest BCUT2D eigenvalue weighted by Crippen LogP contribution is 2.20. The monoisotopic (exact) mass is 356 g/mol. The van der Waals surface area contributed by atoms with Crippen molar-refractivity contribution >= 4 is 17.4 Å². The number of aromatic nitrogens is 1. The van der Waals surface area contributed by atoms with Gasteiger partial charge in [0.1, 0.15) is 5.76 Å². The molecule has 2 aromatic rings. The minimum atomic E-state index is -0.0553. The number of carbonyl (C=O) groups is 1. The molecule has 6 heteroatoms. The first kappa shape index (κ1) is 18.5. The normalized spacial score (nSPS) is 18.1. The number of piperidine rings is 1. The van der Waals surface area contributed by atoms with Gasteiger partial charge in [0.05, 0.1) is 6.54 Å². The lowest BCUT2D eigenvalue weighted by molar-refractivity contribution is -0.117. The molecule has 2 heterocycles. The predicted octanol–water partition coefficient (Wildman–Crippen LogP) is 3.62. The van der Waals surface area contributed by atoms with Crippen molar-refractivity contribution in [1.29, 1.82) is 0 Å². The summed E-state index contributed by atoms with van der Waals surface area (Å²) in [6.07, 6.45) is 2.20. The molecular formula is C20H28N4O2. The summed E-state index contributed by atoms with van der Waals surface area (Å²) in [5, 5.41) is 10.2. The number of benzene rings is 1. The van der Waals surface area contributed by atoms with E-state index in [9.17, 15) is 4.79 Å². The molecule has 1 amide bonds. The standard InChI is InChI=1S/C20H28N4O2/c1-14(2)16-6-8-17(9-7-16)21-18-5-4-10-24(12-18)13-20(25)22-19-11-15(3)26-23-19/h6-9,11,14,18,21H,4-5,10,12-13H2,1-3H3,(H,22,23,25)/t18-/m1/s1. The van der Waals surface area contributed by atoms with E-state index < -0.39 is 0 Å². The molecule has 1 aliphatic rings. The fraction of sp³-hybridized carbons (Fsp3) is 0.500. The van der Waals surface area contributed by atoms with E-state index in [1.807, 2.05) is 0 Å². The molecule has 1 fully saturated rings. The Bertz CT molecular complexity index is 724. The Morgan fingerprint density at radius 2 is 2.12 bits per heavy atom. The van der Waals surface area contributed by atoms with Gasteiger partial charge in [0, 0.05) is 24.3 Å². The van der Waals surface area contributed by atoms with Crippen molar-refractivity contribution in [2.45, 2.75) is 45.6 Å². The second kappa shape index (κ2) is 8.36. The molecule has 1 aliphatic heterocycles. The van der Waals surface area contributed by atoms with Gasteiger partial charge in [-0.15, -0.1) is 0 Å². The van der Waals surface area contributed by atoms with E-state index in [4.69, 9.17) is 4.52 Å². The Morgan fingerprint density at radius 1 is 1.35 bits per heavy atom. The van der Waals surface area contributed by atoms with Crippen molar-refractivity contribution in [3.8, 4) is 0 Å². The Hall–Kier alpha value is -2.34. The van der Waals surface area contributed by atoms with Crippen molar-refractivity contribution in [2.24, 2.45) is 0 Å². The Kier molecular flexibility index (Phi) is 5.93. The van der Waals surface area contributed by atoms with Crippen LogP contribution in [-0.4, -0.2) is 41.6 Å². The highest BCUT2D eigenvalue weighted by atomic mass is 16.5. The zero-order chi connectivity index (χ0) is 18.5. The summed E-state index contributed by atoms with van der Waals surface area (Å²) >= 11 is 0. The van der Waals surface area contributed by atoms with E-state index in [1.54, 1.807) is 13.0 Å². The number of hydrogen-bond acceptors (Lipinski definition) is 5. The van der Waals surface area contributed by atoms with Gasteiger partial charge in [-0.1, -0.05) is 31.1 Å². The van der Waals surface area contributed by atoms with Crippen LogP contribution in [0.3, 0.4) is 0 Å². The zero-order valence-electron chi connectivity index (χ0n) is 15.8. The van der Waals surface area contributed by atoms with Gasteiger partial charge < -0.3 is 15.2 Å². The highest BCUT2D eigenvalue weighted by Gasteiger charge is 2.22. The van der Waals surface area contributed by atoms with Crippen LogP contribution in [0, 0.1) is 6.92 Å². The SMILES string of the molecule is Cc1cc(NC(=O)CN2CCC[C@@H](Nc3ccc(C(C)C)cc3)C2)no1. The Morgan fingerprint density at radius 3 is 2.77 bits per heavy atom. The van der Waals surface area contributed by atoms with Crippen molar-refractivity contribution < 1.29 is 9.32 Å². The number of aryl methyl sites for hydroxylation is 1. The van der Waals surface area contributed by atoms with Crippen molar-refractivity contribution in [3.63, 3.8) is 0 Å². The molecule has 1 atom stereocenters. The van der Waals surface area contributed by atoms with Crippen LogP contribution in [0.5, 0.6) is 0 Å². The first-order valence-electron chi connectivity index (χ1n) is 9.31. The summed E-state index contributed by atoms with van der Waals surface area (Å²) in [6, 6.07) is 10.7. The van der Waals surface area contributed by atoms with Gasteiger partial charge >= 0.3 is 0 Å². The molecule has 0 saturated carbocycles. The van der Waals surface area contributed by atoms with Gasteiger partial charge in [-0.05, 0) is 49.9 Å². The topological polar surface area (TPSA) is 70.4 Å². The molecule has 6 nitrogen and oxygen atoms in total. The molecule has 140 valence electrons. The van der Waals surface area contributed by atoms with E-state index in [0.29, 0.717) is 30.1 Å². The Labute approximate surface area is 154 Å². The van der Waals surface area contributed by atoms with Gasteiger partial charge in [-0.25, -0.2) is 0 Å². The van der Waals surface area contributed by atoms with E-state index >= 15 is 0 Å². The predicted molar refractivity (Wildman–Crippen MR) is 103 cm³/mol. The zero-order valence-corrected chi connectivity index (χ0v) is 15.8. The van der Waals surface area contributed by atoms with Crippen LogP contribution >= 0.6 is 0 Å². The van der Waals surface area contributed by atoms with Crippen LogP contribution in [0.25, 0.3) is 0 Å². The first-order chi connectivity index (χ1) is 12.5. The van der Waals surface area contributed by atoms with Crippen LogP contribution in [0.4, 0.5) is 11.5 Å². The quantitative estimate of drug-likeness (QED) is 0.827. The fourth-order valence-electron chi connectivity index (χ4n) is 3.33. The lowest BCUT2D eigenvalue weighted by Crippen LogP contribution is -2.45. The number of amides is 1. The lowest BCUT2D eigenvalue weighted by atomic mass is 10.0. The molecule has 2 N–H and O–H groups in total. The summed E-state index contributed by atoms with van der Waals surface area (Å²) in [5.74, 6) is 1.65. The average Bonchev–Trinajstić information content (AvgIpc) is 3.00. The lowest BCUT2D eigenvalue weighted by Gasteiger charge is -2.33. The number of nitrogens with zero attached hydrogens (tertiary/aromatic N) is 2. The van der Waals surface area contributed by atoms with Gasteiger partial charge in [0.2, 0.25) is 5.91 Å². The maximum Gasteiger partial charge on any atom is 0.239 e. The molecule has 26 heavy (non-hydrogen) atoms. The van der Waals surface area contributed by atoms with Crippen LogP contribution in [0.2, 0.25) is 0 Å². The molecule has 0 radical (unpaired) electrons. The molecule has 1 aromatic heterocycles. The molecule has 0 bridgehead atoms. The highest BCUT2D eigenvalue weighted by molar-refractivity contribution is 5.91. The van der Waals surface area contributed by atoms with Crippen LogP contribution in [-0.2, 0) is 4.79 Å². The molecular weight excluding hydrogens is 328 g/mol. The van der Waals surface area contributed by atoms with Crippen LogP contribution in [0.15, 0.2) is 34.9 Å². The summed E-state index contributed by atoms with van der Waals surface area (Å²) in [6.45, 7) is 8.38. The van der Waals surface area contributed by atoms with Crippen molar-refractivity contribution in [2.75, 3.05) is 30.3 Å². The third kappa shape index (κ3) is 5.08. The van der Waals surface area contributed by atoms with E-state index in [1.165, 1.54) is 5.56 Å². The van der Waals surface area contributed by atoms with E-state index in [0.717, 1.165) is 31.6 Å². The number of hydrogen-bond donors (Lipinski definition) is 2.